The number of amides is 2. The lowest BCUT2D eigenvalue weighted by molar-refractivity contribution is -0.128. The van der Waals surface area contributed by atoms with Gasteiger partial charge in [0.25, 0.3) is 0 Å². The minimum atomic E-state index is -0.369. The first-order chi connectivity index (χ1) is 12.4. The van der Waals surface area contributed by atoms with E-state index in [0.717, 1.165) is 12.0 Å². The van der Waals surface area contributed by atoms with E-state index >= 15 is 0 Å². The minimum Gasteiger partial charge on any atom is -0.449 e. The van der Waals surface area contributed by atoms with Gasteiger partial charge in [0, 0.05) is 19.0 Å². The standard InChI is InChI=1S/C21H32N2O3/c1-5-21(4,18-9-7-6-8-10-18)22-19(24)17-11-13-23(14-12-17)20(25)26-15-16(2)3/h6-10,16-17H,5,11-15H2,1-4H3,(H,22,24). The average Bonchev–Trinajstić information content (AvgIpc) is 2.66. The van der Waals surface area contributed by atoms with Crippen LogP contribution in [0.2, 0.25) is 0 Å². The summed E-state index contributed by atoms with van der Waals surface area (Å²) in [4.78, 5) is 26.5. The SMILES string of the molecule is CCC(C)(NC(=O)C1CCN(C(=O)OCC(C)C)CC1)c1ccccc1. The number of hydrogen-bond acceptors (Lipinski definition) is 3. The quantitative estimate of drug-likeness (QED) is 0.836. The second-order valence-electron chi connectivity index (χ2n) is 7.77. The first-order valence-corrected chi connectivity index (χ1v) is 9.65. The summed E-state index contributed by atoms with van der Waals surface area (Å²) >= 11 is 0. The van der Waals surface area contributed by atoms with E-state index in [2.05, 4.69) is 31.3 Å². The Labute approximate surface area is 157 Å². The highest BCUT2D eigenvalue weighted by Crippen LogP contribution is 2.26. The summed E-state index contributed by atoms with van der Waals surface area (Å²) in [5.41, 5.74) is 0.747. The molecule has 1 aliphatic rings. The number of nitrogens with zero attached hydrogens (tertiary/aromatic N) is 1. The molecule has 2 amide bonds. The van der Waals surface area contributed by atoms with Crippen molar-refractivity contribution in [2.24, 2.45) is 11.8 Å². The molecule has 1 atom stereocenters. The highest BCUT2D eigenvalue weighted by atomic mass is 16.6. The van der Waals surface area contributed by atoms with E-state index in [1.54, 1.807) is 4.90 Å². The molecule has 1 N–H and O–H groups in total. The molecule has 1 unspecified atom stereocenters. The fourth-order valence-corrected chi connectivity index (χ4v) is 3.20. The topological polar surface area (TPSA) is 58.6 Å². The van der Waals surface area contributed by atoms with Crippen molar-refractivity contribution in [2.45, 2.75) is 52.5 Å². The molecule has 0 saturated carbocycles. The van der Waals surface area contributed by atoms with Crippen molar-refractivity contribution >= 4 is 12.0 Å². The number of likely N-dealkylation sites (tertiary alicyclic amines) is 1. The third-order valence-electron chi connectivity index (χ3n) is 5.18. The van der Waals surface area contributed by atoms with E-state index in [1.807, 2.05) is 32.0 Å². The molecule has 5 heteroatoms. The maximum atomic E-state index is 12.8. The third kappa shape index (κ3) is 5.23. The molecular weight excluding hydrogens is 328 g/mol. The second-order valence-corrected chi connectivity index (χ2v) is 7.77. The number of piperidine rings is 1. The van der Waals surface area contributed by atoms with Crippen LogP contribution in [0, 0.1) is 11.8 Å². The number of ether oxygens (including phenoxy) is 1. The maximum Gasteiger partial charge on any atom is 0.409 e. The zero-order valence-electron chi connectivity index (χ0n) is 16.5. The Morgan fingerprint density at radius 3 is 2.38 bits per heavy atom. The van der Waals surface area contributed by atoms with E-state index in [9.17, 15) is 9.59 Å². The van der Waals surface area contributed by atoms with E-state index in [4.69, 9.17) is 4.74 Å². The molecule has 5 nitrogen and oxygen atoms in total. The van der Waals surface area contributed by atoms with Gasteiger partial charge in [-0.3, -0.25) is 4.79 Å². The van der Waals surface area contributed by atoms with Crippen LogP contribution in [0.4, 0.5) is 4.79 Å². The summed E-state index contributed by atoms with van der Waals surface area (Å²) in [6, 6.07) is 10.1. The Morgan fingerprint density at radius 1 is 1.23 bits per heavy atom. The van der Waals surface area contributed by atoms with Crippen molar-refractivity contribution in [3.05, 3.63) is 35.9 Å². The Hall–Kier alpha value is -2.04. The third-order valence-corrected chi connectivity index (χ3v) is 5.18. The molecular formula is C21H32N2O3. The lowest BCUT2D eigenvalue weighted by Crippen LogP contribution is -2.49. The van der Waals surface area contributed by atoms with Crippen molar-refractivity contribution in [2.75, 3.05) is 19.7 Å². The molecule has 1 saturated heterocycles. The van der Waals surface area contributed by atoms with E-state index < -0.39 is 0 Å². The number of hydrogen-bond donors (Lipinski definition) is 1. The molecule has 1 heterocycles. The van der Waals surface area contributed by atoms with Gasteiger partial charge in [-0.2, -0.15) is 0 Å². The Balaban J connectivity index is 1.89. The molecule has 1 fully saturated rings. The van der Waals surface area contributed by atoms with Gasteiger partial charge in [-0.05, 0) is 37.7 Å². The Kier molecular flexibility index (Phi) is 7.06. The zero-order chi connectivity index (χ0) is 19.2. The number of nitrogens with one attached hydrogen (secondary N) is 1. The molecule has 144 valence electrons. The van der Waals surface area contributed by atoms with Gasteiger partial charge in [0.1, 0.15) is 0 Å². The lowest BCUT2D eigenvalue weighted by Gasteiger charge is -2.35. The van der Waals surface area contributed by atoms with Crippen LogP contribution in [0.1, 0.15) is 52.5 Å². The summed E-state index contributed by atoms with van der Waals surface area (Å²) in [5, 5.41) is 3.24. The van der Waals surface area contributed by atoms with Gasteiger partial charge in [-0.15, -0.1) is 0 Å². The van der Waals surface area contributed by atoms with Gasteiger partial charge in [0.05, 0.1) is 12.1 Å². The molecule has 1 aliphatic heterocycles. The van der Waals surface area contributed by atoms with Gasteiger partial charge in [-0.25, -0.2) is 4.79 Å². The number of rotatable bonds is 6. The molecule has 26 heavy (non-hydrogen) atoms. The highest BCUT2D eigenvalue weighted by molar-refractivity contribution is 5.80. The first-order valence-electron chi connectivity index (χ1n) is 9.65. The normalized spacial score (nSPS) is 17.7. The van der Waals surface area contributed by atoms with Crippen LogP contribution in [0.25, 0.3) is 0 Å². The van der Waals surface area contributed by atoms with E-state index in [0.29, 0.717) is 38.5 Å². The molecule has 2 rings (SSSR count). The van der Waals surface area contributed by atoms with Crippen molar-refractivity contribution in [3.8, 4) is 0 Å². The van der Waals surface area contributed by atoms with Crippen LogP contribution in [0.5, 0.6) is 0 Å². The summed E-state index contributed by atoms with van der Waals surface area (Å²) in [6.07, 6.45) is 1.91. The molecule has 0 aromatic heterocycles. The summed E-state index contributed by atoms with van der Waals surface area (Å²) < 4.78 is 5.28. The lowest BCUT2D eigenvalue weighted by atomic mass is 9.87. The first kappa shape index (κ1) is 20.3. The summed E-state index contributed by atoms with van der Waals surface area (Å²) in [5.74, 6) is 0.346. The van der Waals surface area contributed by atoms with Crippen molar-refractivity contribution in [1.29, 1.82) is 0 Å². The van der Waals surface area contributed by atoms with Gasteiger partial charge < -0.3 is 15.0 Å². The molecule has 1 aromatic carbocycles. The smallest absolute Gasteiger partial charge is 0.409 e. The van der Waals surface area contributed by atoms with Crippen LogP contribution >= 0.6 is 0 Å². The number of benzene rings is 1. The number of carbonyl (C=O) groups is 2. The van der Waals surface area contributed by atoms with Crippen LogP contribution in [0.3, 0.4) is 0 Å². The van der Waals surface area contributed by atoms with Crippen LogP contribution in [-0.4, -0.2) is 36.6 Å². The van der Waals surface area contributed by atoms with Gasteiger partial charge in [-0.1, -0.05) is 51.1 Å². The maximum absolute atomic E-state index is 12.8. The predicted octanol–water partition coefficient (Wildman–Crippen LogP) is 3.93. The monoisotopic (exact) mass is 360 g/mol. The van der Waals surface area contributed by atoms with Crippen molar-refractivity contribution in [1.82, 2.24) is 10.2 Å². The van der Waals surface area contributed by atoms with Crippen LogP contribution in [0.15, 0.2) is 30.3 Å². The van der Waals surface area contributed by atoms with E-state index in [-0.39, 0.29) is 23.5 Å². The fraction of sp³-hybridized carbons (Fsp3) is 0.619. The Bertz CT molecular complexity index is 595. The largest absolute Gasteiger partial charge is 0.449 e. The zero-order valence-corrected chi connectivity index (χ0v) is 16.5. The van der Waals surface area contributed by atoms with Gasteiger partial charge >= 0.3 is 6.09 Å². The summed E-state index contributed by atoms with van der Waals surface area (Å²) in [7, 11) is 0. The predicted molar refractivity (Wildman–Crippen MR) is 103 cm³/mol. The van der Waals surface area contributed by atoms with Crippen molar-refractivity contribution in [3.63, 3.8) is 0 Å². The van der Waals surface area contributed by atoms with Gasteiger partial charge in [0.15, 0.2) is 0 Å². The second kappa shape index (κ2) is 9.06. The van der Waals surface area contributed by atoms with Crippen LogP contribution in [-0.2, 0) is 15.1 Å². The molecule has 0 spiro atoms. The average molecular weight is 360 g/mol. The molecule has 1 aromatic rings. The molecule has 0 aliphatic carbocycles. The van der Waals surface area contributed by atoms with Gasteiger partial charge in [0.2, 0.25) is 5.91 Å². The fourth-order valence-electron chi connectivity index (χ4n) is 3.20. The van der Waals surface area contributed by atoms with Crippen molar-refractivity contribution < 1.29 is 14.3 Å². The highest BCUT2D eigenvalue weighted by Gasteiger charge is 2.32. The number of carbonyl (C=O) groups excluding carboxylic acids is 2. The Morgan fingerprint density at radius 2 is 1.85 bits per heavy atom. The molecule has 0 radical (unpaired) electrons. The van der Waals surface area contributed by atoms with Crippen LogP contribution < -0.4 is 5.32 Å². The minimum absolute atomic E-state index is 0.0567. The van der Waals surface area contributed by atoms with E-state index in [1.165, 1.54) is 0 Å². The molecule has 0 bridgehead atoms. The summed E-state index contributed by atoms with van der Waals surface area (Å²) in [6.45, 7) is 9.76.